The van der Waals surface area contributed by atoms with Crippen LogP contribution in [0.2, 0.25) is 0 Å². The molecule has 1 atom stereocenters. The number of hydrogen-bond acceptors (Lipinski definition) is 3. The number of carbonyl (C=O) groups excluding carboxylic acids is 2. The molecule has 4 nitrogen and oxygen atoms in total. The molecule has 1 unspecified atom stereocenters. The number of benzene rings is 1. The van der Waals surface area contributed by atoms with E-state index in [0.29, 0.717) is 12.1 Å². The summed E-state index contributed by atoms with van der Waals surface area (Å²) in [7, 11) is 1.32. The summed E-state index contributed by atoms with van der Waals surface area (Å²) in [4.78, 5) is 25.1. The monoisotopic (exact) mass is 267 g/mol. The molecule has 0 aliphatic rings. The molecule has 0 radical (unpaired) electrons. The second-order valence-electron chi connectivity index (χ2n) is 4.27. The number of carbonyl (C=O) groups is 2. The lowest BCUT2D eigenvalue weighted by atomic mass is 10.1. The average Bonchev–Trinajstić information content (AvgIpc) is 2.43. The summed E-state index contributed by atoms with van der Waals surface area (Å²) in [6.07, 6.45) is 0. The van der Waals surface area contributed by atoms with Crippen molar-refractivity contribution in [3.8, 4) is 0 Å². The lowest BCUT2D eigenvalue weighted by Gasteiger charge is -2.23. The summed E-state index contributed by atoms with van der Waals surface area (Å²) in [6.45, 7) is 4.27. The van der Waals surface area contributed by atoms with Gasteiger partial charge in [-0.15, -0.1) is 0 Å². The van der Waals surface area contributed by atoms with Crippen LogP contribution in [-0.2, 0) is 9.53 Å². The van der Waals surface area contributed by atoms with Gasteiger partial charge in [-0.3, -0.25) is 9.59 Å². The fourth-order valence-electron chi connectivity index (χ4n) is 1.74. The molecule has 0 saturated heterocycles. The van der Waals surface area contributed by atoms with Crippen molar-refractivity contribution >= 4 is 11.9 Å². The Bertz CT molecular complexity index is 445. The highest BCUT2D eigenvalue weighted by atomic mass is 19.1. The second kappa shape index (κ2) is 6.87. The Morgan fingerprint density at radius 3 is 2.37 bits per heavy atom. The zero-order chi connectivity index (χ0) is 14.4. The zero-order valence-electron chi connectivity index (χ0n) is 11.4. The summed E-state index contributed by atoms with van der Waals surface area (Å²) in [5.74, 6) is -1.36. The van der Waals surface area contributed by atoms with E-state index >= 15 is 0 Å². The molecular formula is C14H18FNO3. The summed E-state index contributed by atoms with van der Waals surface area (Å²) < 4.78 is 17.4. The van der Waals surface area contributed by atoms with E-state index in [1.54, 1.807) is 6.92 Å². The van der Waals surface area contributed by atoms with Gasteiger partial charge in [0.05, 0.1) is 13.0 Å². The second-order valence-corrected chi connectivity index (χ2v) is 4.27. The molecular weight excluding hydrogens is 249 g/mol. The van der Waals surface area contributed by atoms with Crippen molar-refractivity contribution in [3.63, 3.8) is 0 Å². The number of hydrogen-bond donors (Lipinski definition) is 0. The number of methoxy groups -OCH3 is 1. The van der Waals surface area contributed by atoms with Gasteiger partial charge in [-0.25, -0.2) is 4.39 Å². The molecule has 0 heterocycles. The molecule has 1 rings (SSSR count). The highest BCUT2D eigenvalue weighted by Crippen LogP contribution is 2.09. The maximum atomic E-state index is 12.8. The molecule has 0 saturated carbocycles. The van der Waals surface area contributed by atoms with Crippen molar-refractivity contribution < 1.29 is 18.7 Å². The van der Waals surface area contributed by atoms with Crippen LogP contribution >= 0.6 is 0 Å². The van der Waals surface area contributed by atoms with Gasteiger partial charge in [-0.1, -0.05) is 6.92 Å². The average molecular weight is 267 g/mol. The van der Waals surface area contributed by atoms with E-state index in [-0.39, 0.29) is 24.2 Å². The van der Waals surface area contributed by atoms with Gasteiger partial charge in [0.15, 0.2) is 0 Å². The van der Waals surface area contributed by atoms with Crippen LogP contribution in [-0.4, -0.2) is 37.0 Å². The Morgan fingerprint density at radius 1 is 1.32 bits per heavy atom. The minimum atomic E-state index is -0.394. The molecule has 0 spiro atoms. The highest BCUT2D eigenvalue weighted by molar-refractivity contribution is 5.94. The summed E-state index contributed by atoms with van der Waals surface area (Å²) in [5.41, 5.74) is 0.403. The molecule has 0 aliphatic heterocycles. The van der Waals surface area contributed by atoms with Crippen LogP contribution < -0.4 is 0 Å². The van der Waals surface area contributed by atoms with Crippen molar-refractivity contribution in [1.82, 2.24) is 4.90 Å². The third-order valence-electron chi connectivity index (χ3n) is 2.86. The molecule has 104 valence electrons. The van der Waals surface area contributed by atoms with Crippen LogP contribution in [0.25, 0.3) is 0 Å². The van der Waals surface area contributed by atoms with Crippen molar-refractivity contribution in [2.75, 3.05) is 20.2 Å². The minimum Gasteiger partial charge on any atom is -0.469 e. The van der Waals surface area contributed by atoms with Gasteiger partial charge in [0, 0.05) is 18.7 Å². The van der Waals surface area contributed by atoms with E-state index < -0.39 is 5.92 Å². The topological polar surface area (TPSA) is 46.6 Å². The van der Waals surface area contributed by atoms with E-state index in [2.05, 4.69) is 4.74 Å². The zero-order valence-corrected chi connectivity index (χ0v) is 11.4. The largest absolute Gasteiger partial charge is 0.469 e. The number of esters is 1. The van der Waals surface area contributed by atoms with Crippen LogP contribution in [0.3, 0.4) is 0 Å². The minimum absolute atomic E-state index is 0.224. The van der Waals surface area contributed by atoms with Crippen molar-refractivity contribution in [2.24, 2.45) is 5.92 Å². The smallest absolute Gasteiger partial charge is 0.310 e. The molecule has 0 aromatic heterocycles. The Labute approximate surface area is 112 Å². The molecule has 1 amide bonds. The third kappa shape index (κ3) is 4.05. The van der Waals surface area contributed by atoms with Crippen LogP contribution in [0.15, 0.2) is 24.3 Å². The molecule has 19 heavy (non-hydrogen) atoms. The SMILES string of the molecule is CCN(CC(C)C(=O)OC)C(=O)c1ccc(F)cc1. The summed E-state index contributed by atoms with van der Waals surface area (Å²) >= 11 is 0. The Hall–Kier alpha value is -1.91. The normalized spacial score (nSPS) is 11.8. The van der Waals surface area contributed by atoms with Crippen LogP contribution in [0.5, 0.6) is 0 Å². The van der Waals surface area contributed by atoms with Crippen molar-refractivity contribution in [1.29, 1.82) is 0 Å². The summed E-state index contributed by atoms with van der Waals surface area (Å²) in [5, 5.41) is 0. The van der Waals surface area contributed by atoms with Gasteiger partial charge in [-0.2, -0.15) is 0 Å². The number of halogens is 1. The number of amides is 1. The maximum absolute atomic E-state index is 12.8. The number of rotatable bonds is 5. The molecule has 0 aliphatic carbocycles. The number of ether oxygens (including phenoxy) is 1. The van der Waals surface area contributed by atoms with Gasteiger partial charge in [0.1, 0.15) is 5.82 Å². The first-order chi connectivity index (χ1) is 8.99. The first-order valence-corrected chi connectivity index (χ1v) is 6.12. The number of nitrogens with zero attached hydrogens (tertiary/aromatic N) is 1. The molecule has 0 fully saturated rings. The van der Waals surface area contributed by atoms with E-state index in [1.165, 1.54) is 36.3 Å². The lowest BCUT2D eigenvalue weighted by molar-refractivity contribution is -0.145. The van der Waals surface area contributed by atoms with E-state index in [0.717, 1.165) is 0 Å². The van der Waals surface area contributed by atoms with Crippen LogP contribution in [0, 0.1) is 11.7 Å². The van der Waals surface area contributed by atoms with Gasteiger partial charge in [0.25, 0.3) is 5.91 Å². The third-order valence-corrected chi connectivity index (χ3v) is 2.86. The van der Waals surface area contributed by atoms with Crippen molar-refractivity contribution in [2.45, 2.75) is 13.8 Å². The summed E-state index contributed by atoms with van der Waals surface area (Å²) in [6, 6.07) is 5.35. The van der Waals surface area contributed by atoms with E-state index in [9.17, 15) is 14.0 Å². The molecule has 0 bridgehead atoms. The predicted octanol–water partition coefficient (Wildman–Crippen LogP) is 2.10. The first-order valence-electron chi connectivity index (χ1n) is 6.12. The van der Waals surface area contributed by atoms with Crippen LogP contribution in [0.1, 0.15) is 24.2 Å². The van der Waals surface area contributed by atoms with E-state index in [4.69, 9.17) is 0 Å². The Balaban J connectivity index is 2.77. The molecule has 1 aromatic carbocycles. The molecule has 1 aromatic rings. The van der Waals surface area contributed by atoms with Gasteiger partial charge in [-0.05, 0) is 31.2 Å². The van der Waals surface area contributed by atoms with E-state index in [1.807, 2.05) is 6.92 Å². The van der Waals surface area contributed by atoms with Gasteiger partial charge >= 0.3 is 5.97 Å². The van der Waals surface area contributed by atoms with Gasteiger partial charge in [0.2, 0.25) is 0 Å². The van der Waals surface area contributed by atoms with Gasteiger partial charge < -0.3 is 9.64 Å². The van der Waals surface area contributed by atoms with Crippen LogP contribution in [0.4, 0.5) is 4.39 Å². The predicted molar refractivity (Wildman–Crippen MR) is 69.2 cm³/mol. The quantitative estimate of drug-likeness (QED) is 0.767. The Morgan fingerprint density at radius 2 is 1.89 bits per heavy atom. The van der Waals surface area contributed by atoms with Crippen molar-refractivity contribution in [3.05, 3.63) is 35.6 Å². The maximum Gasteiger partial charge on any atom is 0.310 e. The lowest BCUT2D eigenvalue weighted by Crippen LogP contribution is -2.37. The highest BCUT2D eigenvalue weighted by Gasteiger charge is 2.21. The fraction of sp³-hybridized carbons (Fsp3) is 0.429. The molecule has 0 N–H and O–H groups in total. The molecule has 5 heteroatoms. The standard InChI is InChI=1S/C14H18FNO3/c1-4-16(9-10(2)14(18)19-3)13(17)11-5-7-12(15)8-6-11/h5-8,10H,4,9H2,1-3H3. The Kier molecular flexibility index (Phi) is 5.48. The fourth-order valence-corrected chi connectivity index (χ4v) is 1.74. The first kappa shape index (κ1) is 15.1.